The fraction of sp³-hybridized carbons (Fsp3) is 0.333. The molecule has 1 aliphatic heterocycles. The lowest BCUT2D eigenvalue weighted by molar-refractivity contribution is -0.133. The summed E-state index contributed by atoms with van der Waals surface area (Å²) in [7, 11) is 0. The van der Waals surface area contributed by atoms with Crippen molar-refractivity contribution in [1.82, 2.24) is 9.88 Å². The number of benzene rings is 1. The number of carbonyl (C=O) groups is 2. The van der Waals surface area contributed by atoms with Gasteiger partial charge >= 0.3 is 5.97 Å². The van der Waals surface area contributed by atoms with Gasteiger partial charge in [-0.2, -0.15) is 0 Å². The summed E-state index contributed by atoms with van der Waals surface area (Å²) in [6.07, 6.45) is 2.06. The predicted octanol–water partition coefficient (Wildman–Crippen LogP) is 1.95. The van der Waals surface area contributed by atoms with Crippen LogP contribution in [0.5, 0.6) is 0 Å². The van der Waals surface area contributed by atoms with E-state index in [9.17, 15) is 9.59 Å². The van der Waals surface area contributed by atoms with Gasteiger partial charge in [0, 0.05) is 24.0 Å². The molecular weight excluding hydrogens is 256 g/mol. The summed E-state index contributed by atoms with van der Waals surface area (Å²) in [5, 5.41) is 0.949. The third-order valence-electron chi connectivity index (χ3n) is 3.54. The molecule has 0 radical (unpaired) electrons. The average molecular weight is 272 g/mol. The SMILES string of the molecule is O=C(OCC(=O)N1CCCC1)c1cc2ccccc2[nH]1. The number of likely N-dealkylation sites (tertiary alicyclic amines) is 1. The van der Waals surface area contributed by atoms with Crippen molar-refractivity contribution < 1.29 is 14.3 Å². The Morgan fingerprint density at radius 3 is 2.70 bits per heavy atom. The number of ether oxygens (including phenoxy) is 1. The van der Waals surface area contributed by atoms with E-state index in [1.165, 1.54) is 0 Å². The molecule has 104 valence electrons. The molecule has 1 aromatic heterocycles. The van der Waals surface area contributed by atoms with E-state index < -0.39 is 5.97 Å². The van der Waals surface area contributed by atoms with Crippen LogP contribution in [0, 0.1) is 0 Å². The second kappa shape index (κ2) is 5.36. The van der Waals surface area contributed by atoms with Gasteiger partial charge in [0.2, 0.25) is 0 Å². The first-order chi connectivity index (χ1) is 9.74. The maximum Gasteiger partial charge on any atom is 0.355 e. The van der Waals surface area contributed by atoms with E-state index in [-0.39, 0.29) is 12.5 Å². The van der Waals surface area contributed by atoms with E-state index in [0.29, 0.717) is 5.69 Å². The monoisotopic (exact) mass is 272 g/mol. The van der Waals surface area contributed by atoms with Crippen LogP contribution in [0.15, 0.2) is 30.3 Å². The molecule has 5 nitrogen and oxygen atoms in total. The van der Waals surface area contributed by atoms with E-state index in [2.05, 4.69) is 4.98 Å². The number of fused-ring (bicyclic) bond motifs is 1. The Kier molecular flexibility index (Phi) is 3.41. The van der Waals surface area contributed by atoms with Crippen LogP contribution in [-0.2, 0) is 9.53 Å². The molecular formula is C15H16N2O3. The average Bonchev–Trinajstić information content (AvgIpc) is 3.12. The van der Waals surface area contributed by atoms with E-state index in [0.717, 1.165) is 36.8 Å². The van der Waals surface area contributed by atoms with Crippen LogP contribution >= 0.6 is 0 Å². The molecule has 1 N–H and O–H groups in total. The van der Waals surface area contributed by atoms with E-state index in [1.807, 2.05) is 24.3 Å². The van der Waals surface area contributed by atoms with Crippen LogP contribution in [0.1, 0.15) is 23.3 Å². The Bertz CT molecular complexity index is 608. The highest BCUT2D eigenvalue weighted by Crippen LogP contribution is 2.15. The second-order valence-electron chi connectivity index (χ2n) is 4.93. The number of H-pyrrole nitrogens is 1. The molecule has 2 aromatic rings. The smallest absolute Gasteiger partial charge is 0.355 e. The number of rotatable bonds is 3. The first-order valence-corrected chi connectivity index (χ1v) is 6.77. The molecule has 1 amide bonds. The van der Waals surface area contributed by atoms with Crippen molar-refractivity contribution in [3.8, 4) is 0 Å². The molecule has 0 saturated carbocycles. The molecule has 0 unspecified atom stereocenters. The standard InChI is InChI=1S/C15H16N2O3/c18-14(17-7-3-4-8-17)10-20-15(19)13-9-11-5-1-2-6-12(11)16-13/h1-2,5-6,9,16H,3-4,7-8,10H2. The fourth-order valence-electron chi connectivity index (χ4n) is 2.45. The summed E-state index contributed by atoms with van der Waals surface area (Å²) in [5.41, 5.74) is 1.26. The normalized spacial score (nSPS) is 14.7. The number of nitrogens with one attached hydrogen (secondary N) is 1. The second-order valence-corrected chi connectivity index (χ2v) is 4.93. The summed E-state index contributed by atoms with van der Waals surface area (Å²) in [5.74, 6) is -0.610. The number of aromatic nitrogens is 1. The van der Waals surface area contributed by atoms with Crippen molar-refractivity contribution in [1.29, 1.82) is 0 Å². The lowest BCUT2D eigenvalue weighted by Crippen LogP contribution is -2.32. The molecule has 2 heterocycles. The molecule has 0 bridgehead atoms. The van der Waals surface area contributed by atoms with Gasteiger partial charge in [0.05, 0.1) is 0 Å². The molecule has 0 atom stereocenters. The van der Waals surface area contributed by atoms with Crippen LogP contribution < -0.4 is 0 Å². The van der Waals surface area contributed by atoms with Crippen LogP contribution in [0.2, 0.25) is 0 Å². The van der Waals surface area contributed by atoms with E-state index in [4.69, 9.17) is 4.74 Å². The summed E-state index contributed by atoms with van der Waals surface area (Å²) < 4.78 is 5.07. The number of esters is 1. The molecule has 1 aromatic carbocycles. The van der Waals surface area contributed by atoms with Gasteiger partial charge < -0.3 is 14.6 Å². The molecule has 20 heavy (non-hydrogen) atoms. The topological polar surface area (TPSA) is 62.4 Å². The third kappa shape index (κ3) is 2.52. The van der Waals surface area contributed by atoms with E-state index >= 15 is 0 Å². The molecule has 3 rings (SSSR count). The van der Waals surface area contributed by atoms with Gasteiger partial charge in [-0.15, -0.1) is 0 Å². The fourth-order valence-corrected chi connectivity index (χ4v) is 2.45. The summed E-state index contributed by atoms with van der Waals surface area (Å²) in [6.45, 7) is 1.35. The molecule has 1 fully saturated rings. The first kappa shape index (κ1) is 12.7. The highest BCUT2D eigenvalue weighted by atomic mass is 16.5. The van der Waals surface area contributed by atoms with Gasteiger partial charge in [0.25, 0.3) is 5.91 Å². The summed E-state index contributed by atoms with van der Waals surface area (Å²) in [4.78, 5) is 28.4. The number of para-hydroxylation sites is 1. The molecule has 0 spiro atoms. The van der Waals surface area contributed by atoms with Crippen molar-refractivity contribution in [2.45, 2.75) is 12.8 Å². The number of nitrogens with zero attached hydrogens (tertiary/aromatic N) is 1. The lowest BCUT2D eigenvalue weighted by atomic mass is 10.2. The van der Waals surface area contributed by atoms with Gasteiger partial charge in [-0.25, -0.2) is 4.79 Å². The number of hydrogen-bond donors (Lipinski definition) is 1. The van der Waals surface area contributed by atoms with Gasteiger partial charge in [-0.05, 0) is 25.0 Å². The number of aromatic amines is 1. The summed E-state index contributed by atoms with van der Waals surface area (Å²) in [6, 6.07) is 9.34. The number of carbonyl (C=O) groups excluding carboxylic acids is 2. The van der Waals surface area contributed by atoms with Crippen molar-refractivity contribution >= 4 is 22.8 Å². The Balaban J connectivity index is 1.62. The highest BCUT2D eigenvalue weighted by Gasteiger charge is 2.20. The maximum atomic E-state index is 11.9. The zero-order chi connectivity index (χ0) is 13.9. The number of amides is 1. The van der Waals surface area contributed by atoms with Gasteiger partial charge in [-0.1, -0.05) is 18.2 Å². The minimum atomic E-state index is -0.492. The minimum absolute atomic E-state index is 0.119. The van der Waals surface area contributed by atoms with Crippen LogP contribution in [-0.4, -0.2) is 41.5 Å². The Hall–Kier alpha value is -2.30. The molecule has 5 heteroatoms. The first-order valence-electron chi connectivity index (χ1n) is 6.77. The zero-order valence-electron chi connectivity index (χ0n) is 11.1. The maximum absolute atomic E-state index is 11.9. The molecule has 1 aliphatic rings. The molecule has 1 saturated heterocycles. The van der Waals surface area contributed by atoms with Crippen molar-refractivity contribution in [2.75, 3.05) is 19.7 Å². The predicted molar refractivity (Wildman–Crippen MR) is 74.4 cm³/mol. The largest absolute Gasteiger partial charge is 0.451 e. The van der Waals surface area contributed by atoms with Gasteiger partial charge in [0.1, 0.15) is 5.69 Å². The zero-order valence-corrected chi connectivity index (χ0v) is 11.1. The Morgan fingerprint density at radius 1 is 1.20 bits per heavy atom. The van der Waals surface area contributed by atoms with Crippen LogP contribution in [0.25, 0.3) is 10.9 Å². The van der Waals surface area contributed by atoms with Crippen LogP contribution in [0.3, 0.4) is 0 Å². The molecule has 0 aliphatic carbocycles. The quantitative estimate of drug-likeness (QED) is 0.869. The van der Waals surface area contributed by atoms with Crippen molar-refractivity contribution in [3.05, 3.63) is 36.0 Å². The van der Waals surface area contributed by atoms with Gasteiger partial charge in [0.15, 0.2) is 6.61 Å². The lowest BCUT2D eigenvalue weighted by Gasteiger charge is -2.14. The van der Waals surface area contributed by atoms with Gasteiger partial charge in [-0.3, -0.25) is 4.79 Å². The van der Waals surface area contributed by atoms with Crippen molar-refractivity contribution in [2.24, 2.45) is 0 Å². The number of hydrogen-bond acceptors (Lipinski definition) is 3. The third-order valence-corrected chi connectivity index (χ3v) is 3.54. The minimum Gasteiger partial charge on any atom is -0.451 e. The Labute approximate surface area is 116 Å². The van der Waals surface area contributed by atoms with E-state index in [1.54, 1.807) is 11.0 Å². The van der Waals surface area contributed by atoms with Crippen molar-refractivity contribution in [3.63, 3.8) is 0 Å². The summed E-state index contributed by atoms with van der Waals surface area (Å²) >= 11 is 0. The van der Waals surface area contributed by atoms with Crippen LogP contribution in [0.4, 0.5) is 0 Å². The highest BCUT2D eigenvalue weighted by molar-refractivity contribution is 5.95. The Morgan fingerprint density at radius 2 is 1.95 bits per heavy atom.